The largest absolute Gasteiger partial charge is 0.338 e. The number of carbonyl (C=O) groups excluding carboxylic acids is 1. The van der Waals surface area contributed by atoms with Crippen molar-refractivity contribution in [1.82, 2.24) is 15.2 Å². The first-order valence-corrected chi connectivity index (χ1v) is 8.18. The zero-order valence-corrected chi connectivity index (χ0v) is 16.2. The van der Waals surface area contributed by atoms with Crippen LogP contribution >= 0.6 is 24.8 Å². The smallest absolute Gasteiger partial charge is 0.255 e. The van der Waals surface area contributed by atoms with E-state index in [0.29, 0.717) is 11.6 Å². The summed E-state index contributed by atoms with van der Waals surface area (Å²) in [6.45, 7) is 3.54. The molecule has 4 nitrogen and oxygen atoms in total. The lowest BCUT2D eigenvalue weighted by Gasteiger charge is -2.32. The van der Waals surface area contributed by atoms with Crippen molar-refractivity contribution in [3.8, 4) is 11.3 Å². The van der Waals surface area contributed by atoms with Crippen molar-refractivity contribution in [2.45, 2.75) is 25.8 Å². The van der Waals surface area contributed by atoms with Crippen LogP contribution in [0.25, 0.3) is 11.3 Å². The monoisotopic (exact) mass is 381 g/mol. The summed E-state index contributed by atoms with van der Waals surface area (Å²) in [5.41, 5.74) is 3.50. The fraction of sp³-hybridized carbons (Fsp3) is 0.368. The topological polar surface area (TPSA) is 45.2 Å². The molecule has 1 aromatic heterocycles. The number of nitrogens with one attached hydrogen (secondary N) is 1. The molecule has 2 aromatic rings. The molecule has 1 aliphatic rings. The molecule has 1 aromatic carbocycles. The number of likely N-dealkylation sites (tertiary alicyclic amines) is 1. The van der Waals surface area contributed by atoms with Crippen LogP contribution in [0.4, 0.5) is 0 Å². The number of pyridine rings is 1. The van der Waals surface area contributed by atoms with E-state index >= 15 is 0 Å². The normalized spacial score (nSPS) is 14.4. The Balaban J connectivity index is 0.00000156. The lowest BCUT2D eigenvalue weighted by molar-refractivity contribution is 0.0706. The van der Waals surface area contributed by atoms with E-state index in [1.54, 1.807) is 0 Å². The lowest BCUT2D eigenvalue weighted by Crippen LogP contribution is -2.44. The predicted octanol–water partition coefficient (Wildman–Crippen LogP) is 3.72. The third-order valence-corrected chi connectivity index (χ3v) is 4.58. The van der Waals surface area contributed by atoms with E-state index in [4.69, 9.17) is 0 Å². The van der Waals surface area contributed by atoms with Crippen molar-refractivity contribution in [3.63, 3.8) is 0 Å². The Kier molecular flexibility index (Phi) is 8.36. The van der Waals surface area contributed by atoms with E-state index in [-0.39, 0.29) is 30.7 Å². The SMILES string of the molecule is CNC1CCN(C(=O)c2ccc(-c3ccccc3)nc2C)CC1.Cl.Cl. The number of piperidine rings is 1. The molecule has 2 heterocycles. The van der Waals surface area contributed by atoms with Crippen LogP contribution in [0.2, 0.25) is 0 Å². The first kappa shape index (κ1) is 21.4. The Labute approximate surface area is 161 Å². The van der Waals surface area contributed by atoms with Crippen molar-refractivity contribution in [2.75, 3.05) is 20.1 Å². The molecule has 6 heteroatoms. The van der Waals surface area contributed by atoms with Gasteiger partial charge < -0.3 is 10.2 Å². The maximum absolute atomic E-state index is 12.7. The Bertz CT molecular complexity index is 686. The second kappa shape index (κ2) is 9.76. The molecule has 0 unspecified atom stereocenters. The lowest BCUT2D eigenvalue weighted by atomic mass is 10.0. The van der Waals surface area contributed by atoms with Gasteiger partial charge in [0.05, 0.1) is 17.0 Å². The van der Waals surface area contributed by atoms with Gasteiger partial charge in [-0.05, 0) is 38.9 Å². The van der Waals surface area contributed by atoms with Gasteiger partial charge in [0.1, 0.15) is 0 Å². The first-order valence-electron chi connectivity index (χ1n) is 8.18. The van der Waals surface area contributed by atoms with E-state index in [2.05, 4.69) is 10.3 Å². The van der Waals surface area contributed by atoms with Crippen LogP contribution in [0.15, 0.2) is 42.5 Å². The molecule has 0 aliphatic carbocycles. The summed E-state index contributed by atoms with van der Waals surface area (Å²) in [6.07, 6.45) is 2.02. The standard InChI is InChI=1S/C19H23N3O.2ClH/c1-14-17(19(23)22-12-10-16(20-2)11-13-22)8-9-18(21-14)15-6-4-3-5-7-15;;/h3-9,16,20H,10-13H2,1-2H3;2*1H. The molecule has 0 bridgehead atoms. The molecule has 1 amide bonds. The van der Waals surface area contributed by atoms with Gasteiger partial charge in [-0.1, -0.05) is 30.3 Å². The van der Waals surface area contributed by atoms with Crippen LogP contribution in [-0.4, -0.2) is 42.0 Å². The number of benzene rings is 1. The minimum Gasteiger partial charge on any atom is -0.338 e. The van der Waals surface area contributed by atoms with Gasteiger partial charge >= 0.3 is 0 Å². The highest BCUT2D eigenvalue weighted by Crippen LogP contribution is 2.20. The molecule has 1 fully saturated rings. The summed E-state index contributed by atoms with van der Waals surface area (Å²) in [6, 6.07) is 14.4. The molecule has 25 heavy (non-hydrogen) atoms. The van der Waals surface area contributed by atoms with Gasteiger partial charge in [0.2, 0.25) is 0 Å². The number of hydrogen-bond acceptors (Lipinski definition) is 3. The molecule has 3 rings (SSSR count). The Morgan fingerprint density at radius 3 is 2.28 bits per heavy atom. The predicted molar refractivity (Wildman–Crippen MR) is 107 cm³/mol. The number of rotatable bonds is 3. The fourth-order valence-electron chi connectivity index (χ4n) is 3.10. The summed E-state index contributed by atoms with van der Waals surface area (Å²) >= 11 is 0. The van der Waals surface area contributed by atoms with Crippen LogP contribution in [0, 0.1) is 6.92 Å². The zero-order chi connectivity index (χ0) is 16.2. The maximum Gasteiger partial charge on any atom is 0.255 e. The van der Waals surface area contributed by atoms with E-state index in [1.165, 1.54) is 0 Å². The van der Waals surface area contributed by atoms with Gasteiger partial charge in [0, 0.05) is 24.7 Å². The summed E-state index contributed by atoms with van der Waals surface area (Å²) in [7, 11) is 1.98. The Morgan fingerprint density at radius 1 is 1.08 bits per heavy atom. The molecule has 1 N–H and O–H groups in total. The van der Waals surface area contributed by atoms with Crippen LogP contribution < -0.4 is 5.32 Å². The van der Waals surface area contributed by atoms with E-state index in [0.717, 1.165) is 42.9 Å². The highest BCUT2D eigenvalue weighted by molar-refractivity contribution is 5.95. The van der Waals surface area contributed by atoms with Gasteiger partial charge in [0.15, 0.2) is 0 Å². The van der Waals surface area contributed by atoms with Gasteiger partial charge in [-0.25, -0.2) is 0 Å². The molecule has 1 saturated heterocycles. The third kappa shape index (κ3) is 4.94. The summed E-state index contributed by atoms with van der Waals surface area (Å²) in [5.74, 6) is 0.101. The third-order valence-electron chi connectivity index (χ3n) is 4.58. The molecule has 0 saturated carbocycles. The summed E-state index contributed by atoms with van der Waals surface area (Å²) in [4.78, 5) is 19.3. The molecule has 136 valence electrons. The van der Waals surface area contributed by atoms with E-state index in [1.807, 2.05) is 61.3 Å². The summed E-state index contributed by atoms with van der Waals surface area (Å²) < 4.78 is 0. The average Bonchev–Trinajstić information content (AvgIpc) is 2.62. The Hall–Kier alpha value is -1.62. The van der Waals surface area contributed by atoms with E-state index < -0.39 is 0 Å². The van der Waals surface area contributed by atoms with Crippen LogP contribution in [0.3, 0.4) is 0 Å². The van der Waals surface area contributed by atoms with Crippen molar-refractivity contribution in [2.24, 2.45) is 0 Å². The molecular weight excluding hydrogens is 357 g/mol. The van der Waals surface area contributed by atoms with Crippen LogP contribution in [0.5, 0.6) is 0 Å². The van der Waals surface area contributed by atoms with Gasteiger partial charge in [-0.3, -0.25) is 9.78 Å². The van der Waals surface area contributed by atoms with Crippen molar-refractivity contribution >= 4 is 30.7 Å². The fourth-order valence-corrected chi connectivity index (χ4v) is 3.10. The highest BCUT2D eigenvalue weighted by Gasteiger charge is 2.24. The minimum absolute atomic E-state index is 0. The number of nitrogens with zero attached hydrogens (tertiary/aromatic N) is 2. The quantitative estimate of drug-likeness (QED) is 0.880. The molecule has 0 atom stereocenters. The summed E-state index contributed by atoms with van der Waals surface area (Å²) in [5, 5.41) is 3.29. The number of halogens is 2. The number of hydrogen-bond donors (Lipinski definition) is 1. The van der Waals surface area contributed by atoms with Crippen molar-refractivity contribution in [1.29, 1.82) is 0 Å². The van der Waals surface area contributed by atoms with Gasteiger partial charge in [0.25, 0.3) is 5.91 Å². The van der Waals surface area contributed by atoms with Crippen molar-refractivity contribution < 1.29 is 4.79 Å². The Morgan fingerprint density at radius 2 is 1.72 bits per heavy atom. The molecule has 0 radical (unpaired) electrons. The van der Waals surface area contributed by atoms with Crippen molar-refractivity contribution in [3.05, 3.63) is 53.7 Å². The second-order valence-corrected chi connectivity index (χ2v) is 6.05. The molecule has 1 aliphatic heterocycles. The highest BCUT2D eigenvalue weighted by atomic mass is 35.5. The second-order valence-electron chi connectivity index (χ2n) is 6.05. The molecular formula is C19H25Cl2N3O. The minimum atomic E-state index is 0. The zero-order valence-electron chi connectivity index (χ0n) is 14.6. The number of aryl methyl sites for hydroxylation is 1. The van der Waals surface area contributed by atoms with Crippen LogP contribution in [-0.2, 0) is 0 Å². The first-order chi connectivity index (χ1) is 11.2. The number of amides is 1. The van der Waals surface area contributed by atoms with Gasteiger partial charge in [-0.15, -0.1) is 24.8 Å². The maximum atomic E-state index is 12.7. The number of aromatic nitrogens is 1. The van der Waals surface area contributed by atoms with Gasteiger partial charge in [-0.2, -0.15) is 0 Å². The average molecular weight is 382 g/mol. The van der Waals surface area contributed by atoms with E-state index in [9.17, 15) is 4.79 Å². The molecule has 0 spiro atoms. The number of carbonyl (C=O) groups is 1. The van der Waals surface area contributed by atoms with Crippen LogP contribution in [0.1, 0.15) is 28.9 Å².